The normalized spacial score (nSPS) is 11.3. The zero-order valence-corrected chi connectivity index (χ0v) is 17.0. The molecule has 8 heteroatoms. The highest BCUT2D eigenvalue weighted by Crippen LogP contribution is 2.32. The molecule has 31 heavy (non-hydrogen) atoms. The van der Waals surface area contributed by atoms with Gasteiger partial charge in [-0.1, -0.05) is 17.7 Å². The number of furan rings is 1. The van der Waals surface area contributed by atoms with Crippen molar-refractivity contribution in [1.82, 2.24) is 4.98 Å². The first kappa shape index (κ1) is 20.3. The van der Waals surface area contributed by atoms with Crippen molar-refractivity contribution in [3.8, 4) is 11.3 Å². The molecule has 0 aliphatic heterocycles. The van der Waals surface area contributed by atoms with Crippen LogP contribution in [0, 0.1) is 17.0 Å². The largest absolute Gasteiger partial charge is 0.478 e. The van der Waals surface area contributed by atoms with Crippen LogP contribution in [0.1, 0.15) is 27.4 Å². The maximum atomic E-state index is 11.7. The first-order valence-electron chi connectivity index (χ1n) is 9.19. The third-order valence-corrected chi connectivity index (χ3v) is 4.92. The van der Waals surface area contributed by atoms with Crippen molar-refractivity contribution in [3.63, 3.8) is 0 Å². The average Bonchev–Trinajstić information content (AvgIpc) is 3.20. The Balaban J connectivity index is 1.69. The molecule has 0 aliphatic rings. The molecule has 0 aliphatic carbocycles. The Kier molecular flexibility index (Phi) is 5.27. The molecule has 0 unspecified atom stereocenters. The fourth-order valence-electron chi connectivity index (χ4n) is 3.24. The smallest absolute Gasteiger partial charge is 0.336 e. The number of hydrogen-bond donors (Lipinski definition) is 1. The van der Waals surface area contributed by atoms with E-state index in [-0.39, 0.29) is 11.3 Å². The van der Waals surface area contributed by atoms with Crippen LogP contribution in [0.4, 0.5) is 5.69 Å². The van der Waals surface area contributed by atoms with Crippen LogP contribution < -0.4 is 0 Å². The molecule has 4 aromatic rings. The second-order valence-corrected chi connectivity index (χ2v) is 7.31. The highest BCUT2D eigenvalue weighted by atomic mass is 35.5. The third-order valence-electron chi connectivity index (χ3n) is 4.68. The van der Waals surface area contributed by atoms with Crippen LogP contribution in [0.15, 0.2) is 59.0 Å². The van der Waals surface area contributed by atoms with Gasteiger partial charge in [0.15, 0.2) is 0 Å². The molecule has 0 bridgehead atoms. The minimum Gasteiger partial charge on any atom is -0.478 e. The maximum absolute atomic E-state index is 11.7. The van der Waals surface area contributed by atoms with Crippen molar-refractivity contribution in [2.45, 2.75) is 6.92 Å². The van der Waals surface area contributed by atoms with Crippen LogP contribution in [0.3, 0.4) is 0 Å². The lowest BCUT2D eigenvalue weighted by Crippen LogP contribution is -2.00. The zero-order valence-electron chi connectivity index (χ0n) is 16.2. The number of carboxylic acids is 1. The quantitative estimate of drug-likeness (QED) is 0.294. The minimum absolute atomic E-state index is 0.0363. The molecule has 7 nitrogen and oxygen atoms in total. The predicted octanol–water partition coefficient (Wildman–Crippen LogP) is 6.23. The summed E-state index contributed by atoms with van der Waals surface area (Å²) in [6.07, 6.45) is 3.24. The Labute approximate surface area is 181 Å². The summed E-state index contributed by atoms with van der Waals surface area (Å²) >= 11 is 5.98. The number of pyridine rings is 1. The summed E-state index contributed by atoms with van der Waals surface area (Å²) in [5.74, 6) is -0.283. The van der Waals surface area contributed by atoms with Crippen molar-refractivity contribution in [1.29, 1.82) is 0 Å². The molecule has 0 amide bonds. The van der Waals surface area contributed by atoms with Gasteiger partial charge in [-0.2, -0.15) is 0 Å². The van der Waals surface area contributed by atoms with E-state index in [1.807, 2.05) is 0 Å². The van der Waals surface area contributed by atoms with Crippen molar-refractivity contribution in [3.05, 3.63) is 92.3 Å². The molecule has 154 valence electrons. The molecule has 0 saturated carbocycles. The second kappa shape index (κ2) is 8.04. The topological polar surface area (TPSA) is 106 Å². The van der Waals surface area contributed by atoms with Crippen LogP contribution in [0.5, 0.6) is 0 Å². The molecular formula is C23H15ClN2O5. The molecule has 0 saturated heterocycles. The number of carbonyl (C=O) groups is 1. The lowest BCUT2D eigenvalue weighted by molar-refractivity contribution is -0.384. The second-order valence-electron chi connectivity index (χ2n) is 6.87. The Hall–Kier alpha value is -3.97. The van der Waals surface area contributed by atoms with Gasteiger partial charge in [-0.15, -0.1) is 0 Å². The van der Waals surface area contributed by atoms with E-state index in [0.717, 1.165) is 5.56 Å². The van der Waals surface area contributed by atoms with Gasteiger partial charge < -0.3 is 9.52 Å². The van der Waals surface area contributed by atoms with Crippen molar-refractivity contribution in [2.75, 3.05) is 0 Å². The van der Waals surface area contributed by atoms with Gasteiger partial charge in [-0.3, -0.25) is 10.1 Å². The van der Waals surface area contributed by atoms with Crippen LogP contribution in [0.2, 0.25) is 5.02 Å². The highest BCUT2D eigenvalue weighted by Gasteiger charge is 2.18. The number of nitro benzene ring substituents is 1. The zero-order chi connectivity index (χ0) is 22.1. The van der Waals surface area contributed by atoms with Gasteiger partial charge in [0.25, 0.3) is 5.69 Å². The highest BCUT2D eigenvalue weighted by molar-refractivity contribution is 6.31. The van der Waals surface area contributed by atoms with Crippen LogP contribution in [-0.4, -0.2) is 21.0 Å². The first-order chi connectivity index (χ1) is 14.8. The van der Waals surface area contributed by atoms with E-state index >= 15 is 0 Å². The van der Waals surface area contributed by atoms with Gasteiger partial charge in [0.2, 0.25) is 0 Å². The number of aromatic carboxylic acids is 1. The third kappa shape index (κ3) is 4.17. The van der Waals surface area contributed by atoms with Crippen molar-refractivity contribution < 1.29 is 19.2 Å². The van der Waals surface area contributed by atoms with E-state index in [4.69, 9.17) is 16.0 Å². The summed E-state index contributed by atoms with van der Waals surface area (Å²) in [5, 5.41) is 21.8. The summed E-state index contributed by atoms with van der Waals surface area (Å²) in [4.78, 5) is 27.0. The Bertz CT molecular complexity index is 1370. The summed E-state index contributed by atoms with van der Waals surface area (Å²) in [6.45, 7) is 1.78. The number of rotatable bonds is 5. The lowest BCUT2D eigenvalue weighted by Gasteiger charge is -2.05. The number of halogens is 1. The molecule has 0 spiro atoms. The van der Waals surface area contributed by atoms with Gasteiger partial charge in [0.05, 0.1) is 27.3 Å². The SMILES string of the molecule is Cc1ccc(-c2ccc(/C=C/c3cc(C(=O)O)c4cc(Cl)ccc4n3)o2)c([N+](=O)[O-])c1. The average molecular weight is 435 g/mol. The predicted molar refractivity (Wildman–Crippen MR) is 118 cm³/mol. The van der Waals surface area contributed by atoms with E-state index in [2.05, 4.69) is 4.98 Å². The van der Waals surface area contributed by atoms with Crippen molar-refractivity contribution in [2.24, 2.45) is 0 Å². The number of benzene rings is 2. The van der Waals surface area contributed by atoms with E-state index in [1.165, 1.54) is 12.1 Å². The van der Waals surface area contributed by atoms with E-state index in [1.54, 1.807) is 61.5 Å². The minimum atomic E-state index is -1.09. The maximum Gasteiger partial charge on any atom is 0.336 e. The van der Waals surface area contributed by atoms with Gasteiger partial charge in [0, 0.05) is 16.5 Å². The number of hydrogen-bond acceptors (Lipinski definition) is 5. The van der Waals surface area contributed by atoms with Gasteiger partial charge in [-0.25, -0.2) is 9.78 Å². The Morgan fingerprint density at radius 2 is 1.94 bits per heavy atom. The van der Waals surface area contributed by atoms with Crippen LogP contribution in [0.25, 0.3) is 34.4 Å². The molecule has 4 rings (SSSR count). The van der Waals surface area contributed by atoms with Crippen LogP contribution in [-0.2, 0) is 0 Å². The summed E-state index contributed by atoms with van der Waals surface area (Å²) in [7, 11) is 0. The van der Waals surface area contributed by atoms with Crippen LogP contribution >= 0.6 is 11.6 Å². The molecule has 0 fully saturated rings. The molecule has 2 aromatic carbocycles. The molecule has 2 heterocycles. The summed E-state index contributed by atoms with van der Waals surface area (Å²) in [5.41, 5.74) is 2.13. The van der Waals surface area contributed by atoms with Crippen molar-refractivity contribution >= 4 is 46.3 Å². The number of carboxylic acid groups (broad SMARTS) is 1. The van der Waals surface area contributed by atoms with Gasteiger partial charge in [-0.05, 0) is 67.1 Å². The number of aryl methyl sites for hydroxylation is 1. The number of nitro groups is 1. The molecule has 2 aromatic heterocycles. The summed E-state index contributed by atoms with van der Waals surface area (Å²) < 4.78 is 5.75. The Morgan fingerprint density at radius 3 is 2.68 bits per heavy atom. The molecule has 1 N–H and O–H groups in total. The number of fused-ring (bicyclic) bond motifs is 1. The fraction of sp³-hybridized carbons (Fsp3) is 0.0435. The standard InChI is InChI=1S/C23H15ClN2O5/c1-13-2-7-17(21(10-13)26(29)30)22-9-6-16(31-22)5-4-15-12-19(23(27)28)18-11-14(24)3-8-20(18)25-15/h2-12H,1H3,(H,27,28)/b5-4+. The van der Waals surface area contributed by atoms with E-state index < -0.39 is 10.9 Å². The summed E-state index contributed by atoms with van der Waals surface area (Å²) in [6, 6.07) is 14.6. The Morgan fingerprint density at radius 1 is 1.13 bits per heavy atom. The molecule has 0 radical (unpaired) electrons. The van der Waals surface area contributed by atoms with Gasteiger partial charge in [0.1, 0.15) is 11.5 Å². The molecule has 0 atom stereocenters. The van der Waals surface area contributed by atoms with E-state index in [0.29, 0.717) is 38.7 Å². The fourth-order valence-corrected chi connectivity index (χ4v) is 3.41. The van der Waals surface area contributed by atoms with Gasteiger partial charge >= 0.3 is 5.97 Å². The number of nitrogens with zero attached hydrogens (tertiary/aromatic N) is 2. The van der Waals surface area contributed by atoms with E-state index in [9.17, 15) is 20.0 Å². The number of aromatic nitrogens is 1. The molecular weight excluding hydrogens is 420 g/mol. The lowest BCUT2D eigenvalue weighted by atomic mass is 10.1. The monoisotopic (exact) mass is 434 g/mol. The first-order valence-corrected chi connectivity index (χ1v) is 9.56.